The van der Waals surface area contributed by atoms with E-state index in [0.717, 1.165) is 23.2 Å². The van der Waals surface area contributed by atoms with Gasteiger partial charge in [-0.1, -0.05) is 30.7 Å². The van der Waals surface area contributed by atoms with Gasteiger partial charge in [-0.3, -0.25) is 9.89 Å². The molecule has 17 heavy (non-hydrogen) atoms. The highest BCUT2D eigenvalue weighted by Gasteiger charge is 2.08. The van der Waals surface area contributed by atoms with Gasteiger partial charge in [0.25, 0.3) is 5.56 Å². The van der Waals surface area contributed by atoms with Crippen LogP contribution >= 0.6 is 11.6 Å². The summed E-state index contributed by atoms with van der Waals surface area (Å²) in [6, 6.07) is 7.54. The fraction of sp³-hybridized carbons (Fsp3) is 0.308. The molecule has 4 heteroatoms. The molecule has 0 bridgehead atoms. The first-order valence-corrected chi connectivity index (χ1v) is 6.02. The molecule has 0 saturated carbocycles. The Kier molecular flexibility index (Phi) is 3.38. The molecule has 0 unspecified atom stereocenters. The molecule has 0 aliphatic rings. The predicted molar refractivity (Wildman–Crippen MR) is 69.7 cm³/mol. The molecule has 0 saturated heterocycles. The Morgan fingerprint density at radius 2 is 2.18 bits per heavy atom. The van der Waals surface area contributed by atoms with E-state index in [1.165, 1.54) is 0 Å². The zero-order valence-corrected chi connectivity index (χ0v) is 10.7. The summed E-state index contributed by atoms with van der Waals surface area (Å²) in [6.45, 7) is 4.41. The lowest BCUT2D eigenvalue weighted by molar-refractivity contribution is 0.652. The van der Waals surface area contributed by atoms with Gasteiger partial charge in [0.15, 0.2) is 0 Å². The van der Waals surface area contributed by atoms with Crippen molar-refractivity contribution in [1.82, 2.24) is 9.78 Å². The van der Waals surface area contributed by atoms with E-state index >= 15 is 0 Å². The number of halogens is 1. The minimum absolute atomic E-state index is 0.0434. The van der Waals surface area contributed by atoms with Gasteiger partial charge in [-0.15, -0.1) is 0 Å². The molecular formula is C13H15ClN2O. The van der Waals surface area contributed by atoms with Gasteiger partial charge in [-0.2, -0.15) is 0 Å². The molecular weight excluding hydrogens is 236 g/mol. The standard InChI is InChI=1S/C13H15ClN2O/c1-3-12-9(2)13(17)16(15-12)8-10-5-4-6-11(14)7-10/h4-7,15H,3,8H2,1-2H3. The molecule has 3 nitrogen and oxygen atoms in total. The van der Waals surface area contributed by atoms with Crippen LogP contribution in [0.15, 0.2) is 29.1 Å². The van der Waals surface area contributed by atoms with Crippen molar-refractivity contribution in [2.75, 3.05) is 0 Å². The molecule has 0 fully saturated rings. The summed E-state index contributed by atoms with van der Waals surface area (Å²) in [6.07, 6.45) is 0.837. The number of aromatic amines is 1. The number of nitrogens with one attached hydrogen (secondary N) is 1. The van der Waals surface area contributed by atoms with E-state index in [0.29, 0.717) is 11.6 Å². The van der Waals surface area contributed by atoms with Gasteiger partial charge in [0.2, 0.25) is 0 Å². The first-order chi connectivity index (χ1) is 8.11. The second kappa shape index (κ2) is 4.80. The van der Waals surface area contributed by atoms with Crippen LogP contribution in [0.3, 0.4) is 0 Å². The van der Waals surface area contributed by atoms with E-state index in [-0.39, 0.29) is 5.56 Å². The summed E-state index contributed by atoms with van der Waals surface area (Å²) in [5.74, 6) is 0. The number of hydrogen-bond donors (Lipinski definition) is 1. The number of H-pyrrole nitrogens is 1. The Morgan fingerprint density at radius 3 is 2.76 bits per heavy atom. The second-order valence-corrected chi connectivity index (χ2v) is 4.53. The van der Waals surface area contributed by atoms with Crippen LogP contribution in [-0.2, 0) is 13.0 Å². The lowest BCUT2D eigenvalue weighted by atomic mass is 10.2. The van der Waals surface area contributed by atoms with Crippen molar-refractivity contribution in [1.29, 1.82) is 0 Å². The SMILES string of the molecule is CCc1[nH]n(Cc2cccc(Cl)c2)c(=O)c1C. The van der Waals surface area contributed by atoms with Crippen LogP contribution in [0.5, 0.6) is 0 Å². The lowest BCUT2D eigenvalue weighted by Crippen LogP contribution is -2.18. The number of aromatic nitrogens is 2. The van der Waals surface area contributed by atoms with E-state index in [9.17, 15) is 4.79 Å². The summed E-state index contributed by atoms with van der Waals surface area (Å²) in [5.41, 5.74) is 2.86. The Labute approximate surface area is 105 Å². The van der Waals surface area contributed by atoms with Crippen LogP contribution in [0.2, 0.25) is 5.02 Å². The van der Waals surface area contributed by atoms with Gasteiger partial charge in [0, 0.05) is 16.3 Å². The molecule has 1 N–H and O–H groups in total. The largest absolute Gasteiger partial charge is 0.299 e. The molecule has 0 spiro atoms. The first-order valence-electron chi connectivity index (χ1n) is 5.64. The summed E-state index contributed by atoms with van der Waals surface area (Å²) < 4.78 is 1.62. The van der Waals surface area contributed by atoms with E-state index in [1.54, 1.807) is 4.68 Å². The number of nitrogens with zero attached hydrogens (tertiary/aromatic N) is 1. The van der Waals surface area contributed by atoms with Crippen LogP contribution < -0.4 is 5.56 Å². The van der Waals surface area contributed by atoms with Crippen LogP contribution in [0.1, 0.15) is 23.7 Å². The molecule has 1 aromatic heterocycles. The van der Waals surface area contributed by atoms with Crippen molar-refractivity contribution in [3.8, 4) is 0 Å². The number of aryl methyl sites for hydroxylation is 1. The highest BCUT2D eigenvalue weighted by molar-refractivity contribution is 6.30. The topological polar surface area (TPSA) is 37.8 Å². The fourth-order valence-corrected chi connectivity index (χ4v) is 2.12. The molecule has 2 rings (SSSR count). The van der Waals surface area contributed by atoms with Crippen molar-refractivity contribution in [2.24, 2.45) is 0 Å². The van der Waals surface area contributed by atoms with E-state index in [2.05, 4.69) is 5.10 Å². The zero-order chi connectivity index (χ0) is 12.4. The monoisotopic (exact) mass is 250 g/mol. The van der Waals surface area contributed by atoms with Gasteiger partial charge in [-0.25, -0.2) is 4.68 Å². The van der Waals surface area contributed by atoms with Crippen molar-refractivity contribution in [3.63, 3.8) is 0 Å². The highest BCUT2D eigenvalue weighted by atomic mass is 35.5. The molecule has 0 amide bonds. The highest BCUT2D eigenvalue weighted by Crippen LogP contribution is 2.11. The Balaban J connectivity index is 2.34. The van der Waals surface area contributed by atoms with Crippen LogP contribution in [0.4, 0.5) is 0 Å². The second-order valence-electron chi connectivity index (χ2n) is 4.09. The number of rotatable bonds is 3. The van der Waals surface area contributed by atoms with Crippen LogP contribution in [0, 0.1) is 6.92 Å². The Bertz CT molecular complexity index is 583. The zero-order valence-electron chi connectivity index (χ0n) is 9.96. The Hall–Kier alpha value is -1.48. The third kappa shape index (κ3) is 2.44. The van der Waals surface area contributed by atoms with Gasteiger partial charge >= 0.3 is 0 Å². The fourth-order valence-electron chi connectivity index (χ4n) is 1.90. The number of hydrogen-bond acceptors (Lipinski definition) is 1. The average molecular weight is 251 g/mol. The molecule has 90 valence electrons. The van der Waals surface area contributed by atoms with Crippen LogP contribution in [0.25, 0.3) is 0 Å². The van der Waals surface area contributed by atoms with E-state index in [1.807, 2.05) is 38.1 Å². The minimum atomic E-state index is 0.0434. The van der Waals surface area contributed by atoms with Crippen molar-refractivity contribution < 1.29 is 0 Å². The normalized spacial score (nSPS) is 10.8. The molecule has 1 heterocycles. The molecule has 0 aliphatic heterocycles. The third-order valence-electron chi connectivity index (χ3n) is 2.87. The van der Waals surface area contributed by atoms with Gasteiger partial charge in [-0.05, 0) is 31.0 Å². The Morgan fingerprint density at radius 1 is 1.41 bits per heavy atom. The quantitative estimate of drug-likeness (QED) is 0.894. The van der Waals surface area contributed by atoms with Gasteiger partial charge in [0.05, 0.1) is 6.54 Å². The third-order valence-corrected chi connectivity index (χ3v) is 3.11. The molecule has 0 aliphatic carbocycles. The van der Waals surface area contributed by atoms with Crippen molar-refractivity contribution in [3.05, 3.63) is 56.5 Å². The van der Waals surface area contributed by atoms with E-state index in [4.69, 9.17) is 11.6 Å². The summed E-state index contributed by atoms with van der Waals surface area (Å²) >= 11 is 5.92. The summed E-state index contributed by atoms with van der Waals surface area (Å²) in [5, 5.41) is 3.82. The molecule has 1 aromatic carbocycles. The van der Waals surface area contributed by atoms with Crippen LogP contribution in [-0.4, -0.2) is 9.78 Å². The summed E-state index contributed by atoms with van der Waals surface area (Å²) in [4.78, 5) is 11.9. The minimum Gasteiger partial charge on any atom is -0.299 e. The lowest BCUT2D eigenvalue weighted by Gasteiger charge is -2.02. The van der Waals surface area contributed by atoms with Crippen molar-refractivity contribution in [2.45, 2.75) is 26.8 Å². The smallest absolute Gasteiger partial charge is 0.269 e. The van der Waals surface area contributed by atoms with Gasteiger partial charge < -0.3 is 0 Å². The molecule has 0 atom stereocenters. The maximum absolute atomic E-state index is 11.9. The maximum Gasteiger partial charge on any atom is 0.269 e. The number of benzene rings is 1. The maximum atomic E-state index is 11.9. The van der Waals surface area contributed by atoms with E-state index < -0.39 is 0 Å². The van der Waals surface area contributed by atoms with Crippen molar-refractivity contribution >= 4 is 11.6 Å². The molecule has 2 aromatic rings. The first kappa shape index (κ1) is 12.0. The predicted octanol–water partition coefficient (Wildman–Crippen LogP) is 2.75. The average Bonchev–Trinajstić information content (AvgIpc) is 2.57. The summed E-state index contributed by atoms with van der Waals surface area (Å²) in [7, 11) is 0. The van der Waals surface area contributed by atoms with Gasteiger partial charge in [0.1, 0.15) is 0 Å². The molecule has 0 radical (unpaired) electrons.